The lowest BCUT2D eigenvalue weighted by Crippen LogP contribution is -2.19. The van der Waals surface area contributed by atoms with Crippen LogP contribution in [-0.4, -0.2) is 0 Å². The van der Waals surface area contributed by atoms with Gasteiger partial charge in [-0.25, -0.2) is 0 Å². The van der Waals surface area contributed by atoms with Crippen LogP contribution >= 0.6 is 0 Å². The molecule has 0 bridgehead atoms. The van der Waals surface area contributed by atoms with Gasteiger partial charge >= 0.3 is 0 Å². The van der Waals surface area contributed by atoms with Gasteiger partial charge in [-0.15, -0.1) is 0 Å². The maximum atomic E-state index is 2.37. The van der Waals surface area contributed by atoms with E-state index in [-0.39, 0.29) is 0 Å². The fourth-order valence-corrected chi connectivity index (χ4v) is 3.52. The molecule has 0 radical (unpaired) electrons. The predicted octanol–water partition coefficient (Wildman–Crippen LogP) is 9.54. The average Bonchev–Trinajstić information content (AvgIpc) is 2.68. The van der Waals surface area contributed by atoms with Gasteiger partial charge in [0.15, 0.2) is 0 Å². The molecule has 0 atom stereocenters. The van der Waals surface area contributed by atoms with Gasteiger partial charge in [0, 0.05) is 0 Å². The average molecular weight is 403 g/mol. The second-order valence-corrected chi connectivity index (χ2v) is 9.11. The molecule has 0 aromatic rings. The second kappa shape index (κ2) is 13.1. The van der Waals surface area contributed by atoms with Crippen molar-refractivity contribution in [2.24, 2.45) is 5.41 Å². The summed E-state index contributed by atoms with van der Waals surface area (Å²) in [6.07, 6.45) is 29.7. The minimum absolute atomic E-state index is 0.300. The van der Waals surface area contributed by atoms with Gasteiger partial charge in [0.1, 0.15) is 0 Å². The third-order valence-electron chi connectivity index (χ3n) is 5.67. The summed E-state index contributed by atoms with van der Waals surface area (Å²) in [6.45, 7) is 17.6. The third kappa shape index (κ3) is 9.92. The zero-order valence-electron chi connectivity index (χ0n) is 20.5. The highest BCUT2D eigenvalue weighted by Gasteiger charge is 2.26. The molecule has 0 unspecified atom stereocenters. The molecule has 0 saturated carbocycles. The van der Waals surface area contributed by atoms with Crippen LogP contribution in [-0.2, 0) is 0 Å². The van der Waals surface area contributed by atoms with Crippen LogP contribution in [0.1, 0.15) is 74.7 Å². The summed E-state index contributed by atoms with van der Waals surface area (Å²) in [6, 6.07) is 0. The molecule has 0 heteroatoms. The van der Waals surface area contributed by atoms with Gasteiger partial charge in [-0.3, -0.25) is 0 Å². The van der Waals surface area contributed by atoms with Gasteiger partial charge < -0.3 is 0 Å². The van der Waals surface area contributed by atoms with E-state index in [0.29, 0.717) is 5.41 Å². The Kier molecular flexibility index (Phi) is 11.2. The van der Waals surface area contributed by atoms with Crippen LogP contribution in [0.3, 0.4) is 0 Å². The Balaban J connectivity index is 2.66. The van der Waals surface area contributed by atoms with E-state index in [1.54, 1.807) is 5.57 Å². The highest BCUT2D eigenvalue weighted by molar-refractivity contribution is 5.37. The minimum Gasteiger partial charge on any atom is -0.0847 e. The van der Waals surface area contributed by atoms with E-state index >= 15 is 0 Å². The summed E-state index contributed by atoms with van der Waals surface area (Å²) in [5.41, 5.74) is 8.40. The van der Waals surface area contributed by atoms with E-state index in [4.69, 9.17) is 0 Å². The molecular weight excluding hydrogens is 360 g/mol. The van der Waals surface area contributed by atoms with E-state index in [1.165, 1.54) is 47.1 Å². The molecule has 0 heterocycles. The quantitative estimate of drug-likeness (QED) is 0.354. The van der Waals surface area contributed by atoms with Gasteiger partial charge in [0.05, 0.1) is 0 Å². The molecule has 0 spiro atoms. The van der Waals surface area contributed by atoms with Crippen LogP contribution in [0, 0.1) is 5.41 Å². The minimum atomic E-state index is 0.300. The standard InChI is InChI=1S/C30H42/c1-9-24(2)19-20-26(4)15-11-10-14-25(3)16-12-17-27(5)21-22-29-28(6)18-13-23-30(29,7)8/h9-12,14-17,19-22H,13,18,23H2,1-8H3/b11-10+,16-12+,20-19+,22-21+,24-9+,25-14+,26-15+,27-17+. The van der Waals surface area contributed by atoms with Crippen molar-refractivity contribution >= 4 is 0 Å². The van der Waals surface area contributed by atoms with Crippen LogP contribution in [0.4, 0.5) is 0 Å². The molecule has 30 heavy (non-hydrogen) atoms. The topological polar surface area (TPSA) is 0 Å². The predicted molar refractivity (Wildman–Crippen MR) is 138 cm³/mol. The summed E-state index contributed by atoms with van der Waals surface area (Å²) in [4.78, 5) is 0. The van der Waals surface area contributed by atoms with E-state index < -0.39 is 0 Å². The molecule has 0 saturated heterocycles. The number of allylic oxidation sites excluding steroid dienone is 18. The second-order valence-electron chi connectivity index (χ2n) is 9.11. The van der Waals surface area contributed by atoms with Crippen molar-refractivity contribution < 1.29 is 0 Å². The Hall–Kier alpha value is -2.34. The third-order valence-corrected chi connectivity index (χ3v) is 5.67. The first-order valence-corrected chi connectivity index (χ1v) is 11.2. The molecule has 1 aliphatic rings. The van der Waals surface area contributed by atoms with Gasteiger partial charge in [-0.1, -0.05) is 115 Å². The SMILES string of the molecule is C/C=C(C)/C=C/C(C)=C/C=C/C=C(C)/C=C/C=C(C)/C=C/C1=C(C)CCCC1(C)C. The van der Waals surface area contributed by atoms with Gasteiger partial charge in [-0.2, -0.15) is 0 Å². The van der Waals surface area contributed by atoms with Crippen LogP contribution < -0.4 is 0 Å². The fourth-order valence-electron chi connectivity index (χ4n) is 3.52. The van der Waals surface area contributed by atoms with Crippen LogP contribution in [0.5, 0.6) is 0 Å². The van der Waals surface area contributed by atoms with Gasteiger partial charge in [-0.05, 0) is 71.8 Å². The van der Waals surface area contributed by atoms with Crippen molar-refractivity contribution in [3.05, 3.63) is 106 Å². The molecule has 0 aromatic carbocycles. The maximum absolute atomic E-state index is 2.37. The largest absolute Gasteiger partial charge is 0.0847 e. The van der Waals surface area contributed by atoms with E-state index in [1.807, 2.05) is 0 Å². The zero-order chi connectivity index (χ0) is 22.6. The van der Waals surface area contributed by atoms with E-state index in [0.717, 1.165) is 0 Å². The molecule has 162 valence electrons. The molecule has 0 aromatic heterocycles. The monoisotopic (exact) mass is 402 g/mol. The Morgan fingerprint density at radius 2 is 1.27 bits per heavy atom. The molecule has 0 amide bonds. The number of hydrogen-bond donors (Lipinski definition) is 0. The van der Waals surface area contributed by atoms with Crippen LogP contribution in [0.15, 0.2) is 106 Å². The maximum Gasteiger partial charge on any atom is -0.0104 e. The highest BCUT2D eigenvalue weighted by atomic mass is 14.3. The van der Waals surface area contributed by atoms with Crippen molar-refractivity contribution in [3.8, 4) is 0 Å². The van der Waals surface area contributed by atoms with Crippen molar-refractivity contribution in [2.45, 2.75) is 74.7 Å². The molecule has 1 aliphatic carbocycles. The smallest absolute Gasteiger partial charge is 0.0104 e. The molecular formula is C30H42. The first-order valence-electron chi connectivity index (χ1n) is 11.2. The normalized spacial score (nSPS) is 20.0. The number of rotatable bonds is 8. The van der Waals surface area contributed by atoms with Crippen molar-refractivity contribution in [2.75, 3.05) is 0 Å². The van der Waals surface area contributed by atoms with E-state index in [9.17, 15) is 0 Å². The van der Waals surface area contributed by atoms with E-state index in [2.05, 4.69) is 128 Å². The summed E-state index contributed by atoms with van der Waals surface area (Å²) in [5, 5.41) is 0. The van der Waals surface area contributed by atoms with Gasteiger partial charge in [0.2, 0.25) is 0 Å². The van der Waals surface area contributed by atoms with Crippen LogP contribution in [0.2, 0.25) is 0 Å². The number of hydrogen-bond acceptors (Lipinski definition) is 0. The first-order chi connectivity index (χ1) is 14.2. The lowest BCUT2D eigenvalue weighted by Gasteiger charge is -2.32. The Labute approximate surface area is 186 Å². The molecule has 0 nitrogen and oxygen atoms in total. The lowest BCUT2D eigenvalue weighted by molar-refractivity contribution is 0.377. The Bertz CT molecular complexity index is 836. The Morgan fingerprint density at radius 3 is 1.87 bits per heavy atom. The van der Waals surface area contributed by atoms with Crippen molar-refractivity contribution in [1.29, 1.82) is 0 Å². The fraction of sp³-hybridized carbons (Fsp3) is 0.400. The summed E-state index contributed by atoms with van der Waals surface area (Å²) < 4.78 is 0. The van der Waals surface area contributed by atoms with Crippen molar-refractivity contribution in [3.63, 3.8) is 0 Å². The Morgan fingerprint density at radius 1 is 0.733 bits per heavy atom. The summed E-state index contributed by atoms with van der Waals surface area (Å²) in [5.74, 6) is 0. The van der Waals surface area contributed by atoms with Crippen LogP contribution in [0.25, 0.3) is 0 Å². The molecule has 0 fully saturated rings. The molecule has 0 N–H and O–H groups in total. The zero-order valence-corrected chi connectivity index (χ0v) is 20.5. The highest BCUT2D eigenvalue weighted by Crippen LogP contribution is 2.40. The summed E-state index contributed by atoms with van der Waals surface area (Å²) in [7, 11) is 0. The van der Waals surface area contributed by atoms with Crippen molar-refractivity contribution in [1.82, 2.24) is 0 Å². The first kappa shape index (κ1) is 25.7. The summed E-state index contributed by atoms with van der Waals surface area (Å²) >= 11 is 0. The van der Waals surface area contributed by atoms with Gasteiger partial charge in [0.25, 0.3) is 0 Å². The lowest BCUT2D eigenvalue weighted by atomic mass is 9.72. The molecule has 0 aliphatic heterocycles. The molecule has 1 rings (SSSR count).